The van der Waals surface area contributed by atoms with E-state index in [0.29, 0.717) is 52.1 Å². The van der Waals surface area contributed by atoms with Gasteiger partial charge in [-0.2, -0.15) is 0 Å². The van der Waals surface area contributed by atoms with E-state index in [2.05, 4.69) is 10.0 Å². The molecule has 0 atom stereocenters. The van der Waals surface area contributed by atoms with E-state index in [0.717, 1.165) is 6.26 Å². The topological polar surface area (TPSA) is 106 Å². The maximum atomic E-state index is 11.7. The van der Waals surface area contributed by atoms with Crippen molar-refractivity contribution in [1.29, 1.82) is 0 Å². The number of nitrogens with one attached hydrogen (secondary N) is 2. The first-order chi connectivity index (χ1) is 15.4. The van der Waals surface area contributed by atoms with Gasteiger partial charge < -0.3 is 19.7 Å². The second-order valence-corrected chi connectivity index (χ2v) is 8.84. The Balaban J connectivity index is 1.81. The number of sulfonamides is 1. The Kier molecular flexibility index (Phi) is 5.87. The lowest BCUT2D eigenvalue weighted by Gasteiger charge is -2.25. The van der Waals surface area contributed by atoms with Gasteiger partial charge in [0.05, 0.1) is 42.9 Å². The third kappa shape index (κ3) is 4.75. The van der Waals surface area contributed by atoms with Crippen LogP contribution in [0.4, 0.5) is 17.3 Å². The zero-order chi connectivity index (χ0) is 22.7. The molecule has 2 aromatic carbocycles. The van der Waals surface area contributed by atoms with Gasteiger partial charge in [0, 0.05) is 18.8 Å². The minimum absolute atomic E-state index is 0.429. The Morgan fingerprint density at radius 2 is 1.78 bits per heavy atom. The summed E-state index contributed by atoms with van der Waals surface area (Å²) in [7, 11) is -0.242. The second kappa shape index (κ2) is 8.75. The molecule has 1 aliphatic rings. The zero-order valence-electron chi connectivity index (χ0n) is 17.9. The molecule has 32 heavy (non-hydrogen) atoms. The van der Waals surface area contributed by atoms with Crippen LogP contribution in [0.1, 0.15) is 0 Å². The highest BCUT2D eigenvalue weighted by molar-refractivity contribution is 7.88. The minimum Gasteiger partial charge on any atom is -0.497 e. The number of methoxy groups -OCH3 is 2. The average Bonchev–Trinajstić information content (AvgIpc) is 2.77. The Hall–Kier alpha value is -3.79. The summed E-state index contributed by atoms with van der Waals surface area (Å²) in [5.74, 6) is 2.29. The van der Waals surface area contributed by atoms with E-state index in [4.69, 9.17) is 19.4 Å². The summed E-state index contributed by atoms with van der Waals surface area (Å²) in [6, 6.07) is 12.9. The van der Waals surface area contributed by atoms with Crippen molar-refractivity contribution in [2.75, 3.05) is 37.2 Å². The van der Waals surface area contributed by atoms with Crippen LogP contribution in [0.25, 0.3) is 11.0 Å². The highest BCUT2D eigenvalue weighted by Crippen LogP contribution is 2.35. The van der Waals surface area contributed by atoms with Crippen molar-refractivity contribution in [1.82, 2.24) is 14.7 Å². The fraction of sp³-hybridized carbons (Fsp3) is 0.182. The van der Waals surface area contributed by atoms with Crippen LogP contribution in [0.15, 0.2) is 66.5 Å². The van der Waals surface area contributed by atoms with Crippen molar-refractivity contribution in [3.8, 4) is 11.5 Å². The SMILES string of the molecule is COc1ccc(OC)c(Nc2nc3ccccc3nc2N2C=C(NS(C)(=O)=O)C=CC2)c1. The number of nitrogens with zero attached hydrogens (tertiary/aromatic N) is 3. The fourth-order valence-electron chi connectivity index (χ4n) is 3.29. The first-order valence-electron chi connectivity index (χ1n) is 9.75. The van der Waals surface area contributed by atoms with Gasteiger partial charge in [0.1, 0.15) is 11.5 Å². The van der Waals surface area contributed by atoms with Crippen LogP contribution in [0, 0.1) is 0 Å². The lowest BCUT2D eigenvalue weighted by Crippen LogP contribution is -2.28. The molecule has 3 aromatic rings. The van der Waals surface area contributed by atoms with E-state index >= 15 is 0 Å². The molecule has 0 saturated heterocycles. The van der Waals surface area contributed by atoms with Gasteiger partial charge in [0.25, 0.3) is 0 Å². The number of hydrogen-bond donors (Lipinski definition) is 2. The maximum Gasteiger partial charge on any atom is 0.229 e. The average molecular weight is 454 g/mol. The Labute approximate surface area is 186 Å². The van der Waals surface area contributed by atoms with Gasteiger partial charge in [-0.3, -0.25) is 4.72 Å². The second-order valence-electron chi connectivity index (χ2n) is 7.09. The molecule has 0 bridgehead atoms. The Bertz CT molecular complexity index is 1320. The summed E-state index contributed by atoms with van der Waals surface area (Å²) >= 11 is 0. The molecule has 0 radical (unpaired) electrons. The van der Waals surface area contributed by atoms with Crippen LogP contribution in [0.5, 0.6) is 11.5 Å². The summed E-state index contributed by atoms with van der Waals surface area (Å²) in [6.07, 6.45) is 6.36. The third-order valence-electron chi connectivity index (χ3n) is 4.68. The molecule has 0 aliphatic carbocycles. The molecule has 1 aliphatic heterocycles. The Morgan fingerprint density at radius 1 is 1.03 bits per heavy atom. The van der Waals surface area contributed by atoms with Crippen LogP contribution < -0.4 is 24.4 Å². The summed E-state index contributed by atoms with van der Waals surface area (Å²) in [5.41, 5.74) is 2.51. The molecular formula is C22H23N5O4S. The van der Waals surface area contributed by atoms with Gasteiger partial charge in [-0.1, -0.05) is 18.2 Å². The molecule has 4 rings (SSSR count). The van der Waals surface area contributed by atoms with Crippen LogP contribution in [0.3, 0.4) is 0 Å². The van der Waals surface area contributed by atoms with Gasteiger partial charge in [0.15, 0.2) is 11.6 Å². The van der Waals surface area contributed by atoms with Gasteiger partial charge in [-0.25, -0.2) is 18.4 Å². The molecule has 0 saturated carbocycles. The van der Waals surface area contributed by atoms with E-state index in [9.17, 15) is 8.42 Å². The molecule has 9 nitrogen and oxygen atoms in total. The van der Waals surface area contributed by atoms with E-state index in [1.165, 1.54) is 0 Å². The lowest BCUT2D eigenvalue weighted by atomic mass is 10.2. The highest BCUT2D eigenvalue weighted by atomic mass is 32.2. The van der Waals surface area contributed by atoms with Gasteiger partial charge in [-0.15, -0.1) is 0 Å². The van der Waals surface area contributed by atoms with Crippen LogP contribution >= 0.6 is 0 Å². The summed E-state index contributed by atoms with van der Waals surface area (Å²) in [5, 5.41) is 3.31. The molecule has 1 aromatic heterocycles. The van der Waals surface area contributed by atoms with Gasteiger partial charge >= 0.3 is 0 Å². The molecule has 2 N–H and O–H groups in total. The molecule has 0 spiro atoms. The lowest BCUT2D eigenvalue weighted by molar-refractivity contribution is 0.405. The van der Waals surface area contributed by atoms with E-state index < -0.39 is 10.0 Å². The van der Waals surface area contributed by atoms with Crippen molar-refractivity contribution in [2.45, 2.75) is 0 Å². The Morgan fingerprint density at radius 3 is 2.47 bits per heavy atom. The van der Waals surface area contributed by atoms with E-state index in [1.54, 1.807) is 38.6 Å². The largest absolute Gasteiger partial charge is 0.497 e. The first kappa shape index (κ1) is 21.4. The number of ether oxygens (including phenoxy) is 2. The van der Waals surface area contributed by atoms with Gasteiger partial charge in [-0.05, 0) is 30.3 Å². The molecule has 2 heterocycles. The van der Waals surface area contributed by atoms with Gasteiger partial charge in [0.2, 0.25) is 10.0 Å². The number of rotatable bonds is 7. The molecule has 166 valence electrons. The summed E-state index contributed by atoms with van der Waals surface area (Å²) < 4.78 is 36.7. The van der Waals surface area contributed by atoms with Crippen LogP contribution in [0.2, 0.25) is 0 Å². The normalized spacial score (nSPS) is 13.6. The number of anilines is 3. The molecular weight excluding hydrogens is 430 g/mol. The maximum absolute atomic E-state index is 11.7. The number of para-hydroxylation sites is 2. The fourth-order valence-corrected chi connectivity index (χ4v) is 3.84. The smallest absolute Gasteiger partial charge is 0.229 e. The predicted octanol–water partition coefficient (Wildman–Crippen LogP) is 3.16. The predicted molar refractivity (Wildman–Crippen MR) is 125 cm³/mol. The molecule has 0 fully saturated rings. The minimum atomic E-state index is -3.42. The van der Waals surface area contributed by atoms with E-state index in [-0.39, 0.29) is 0 Å². The number of benzene rings is 2. The first-order valence-corrected chi connectivity index (χ1v) is 11.6. The summed E-state index contributed by atoms with van der Waals surface area (Å²) in [4.78, 5) is 11.4. The number of aromatic nitrogens is 2. The zero-order valence-corrected chi connectivity index (χ0v) is 18.7. The molecule has 10 heteroatoms. The van der Waals surface area contributed by atoms with Crippen LogP contribution in [-0.4, -0.2) is 45.4 Å². The number of fused-ring (bicyclic) bond motifs is 1. The standard InChI is InChI=1S/C22H23N5O4S/c1-30-16-10-11-20(31-2)19(13-16)24-21-22(25-18-9-5-4-8-17(18)23-21)27-12-6-7-15(14-27)26-32(3,28)29/h4-11,13-14,26H,12H2,1-3H3,(H,23,24). The monoisotopic (exact) mass is 453 g/mol. The molecule has 0 unspecified atom stereocenters. The van der Waals surface area contributed by atoms with Crippen molar-refractivity contribution in [3.63, 3.8) is 0 Å². The summed E-state index contributed by atoms with van der Waals surface area (Å²) in [6.45, 7) is 0.492. The van der Waals surface area contributed by atoms with Crippen molar-refractivity contribution < 1.29 is 17.9 Å². The number of allylic oxidation sites excluding steroid dienone is 1. The molecule has 0 amide bonds. The van der Waals surface area contributed by atoms with Crippen LogP contribution in [-0.2, 0) is 10.0 Å². The quantitative estimate of drug-likeness (QED) is 0.562. The van der Waals surface area contributed by atoms with Crippen molar-refractivity contribution in [2.24, 2.45) is 0 Å². The van der Waals surface area contributed by atoms with Crippen molar-refractivity contribution >= 4 is 38.4 Å². The highest BCUT2D eigenvalue weighted by Gasteiger charge is 2.19. The third-order valence-corrected chi connectivity index (χ3v) is 5.29. The van der Waals surface area contributed by atoms with Crippen molar-refractivity contribution in [3.05, 3.63) is 66.5 Å². The van der Waals surface area contributed by atoms with E-state index in [1.807, 2.05) is 41.3 Å². The number of hydrogen-bond acceptors (Lipinski definition) is 8.